The van der Waals surface area contributed by atoms with Crippen molar-refractivity contribution in [3.05, 3.63) is 41.2 Å². The van der Waals surface area contributed by atoms with E-state index in [-0.39, 0.29) is 24.3 Å². The van der Waals surface area contributed by atoms with Gasteiger partial charge in [-0.25, -0.2) is 0 Å². The highest BCUT2D eigenvalue weighted by molar-refractivity contribution is 5.99. The molecule has 2 heterocycles. The molecular formula is C21H23NO5. The van der Waals surface area contributed by atoms with E-state index in [1.165, 1.54) is 0 Å². The van der Waals surface area contributed by atoms with E-state index in [0.717, 1.165) is 42.1 Å². The lowest BCUT2D eigenvalue weighted by molar-refractivity contribution is -0.150. The first kappa shape index (κ1) is 17.6. The molecule has 4 rings (SSSR count). The standard InChI is InChI=1S/C21H23NO5/c1-13-10-17(18(23)12-27-21(24)15-4-3-5-15)14(2)22(13)16-6-7-19-20(11-16)26-9-8-25-19/h6-7,10-11,15H,3-5,8-9,12H2,1-2H3. The first-order chi connectivity index (χ1) is 13.0. The van der Waals surface area contributed by atoms with Gasteiger partial charge in [0.1, 0.15) is 13.2 Å². The van der Waals surface area contributed by atoms with Crippen LogP contribution in [0.5, 0.6) is 11.5 Å². The minimum atomic E-state index is -0.254. The number of ketones is 1. The Labute approximate surface area is 158 Å². The lowest BCUT2D eigenvalue weighted by Crippen LogP contribution is -2.26. The van der Waals surface area contributed by atoms with E-state index in [1.54, 1.807) is 0 Å². The van der Waals surface area contributed by atoms with Gasteiger partial charge in [-0.1, -0.05) is 6.42 Å². The van der Waals surface area contributed by atoms with Gasteiger partial charge in [0.2, 0.25) is 5.78 Å². The van der Waals surface area contributed by atoms with Gasteiger partial charge in [0, 0.05) is 28.7 Å². The number of rotatable bonds is 5. The van der Waals surface area contributed by atoms with E-state index in [0.29, 0.717) is 24.5 Å². The van der Waals surface area contributed by atoms with E-state index < -0.39 is 0 Å². The minimum absolute atomic E-state index is 0.0251. The second-order valence-corrected chi connectivity index (χ2v) is 7.11. The van der Waals surface area contributed by atoms with Gasteiger partial charge in [-0.15, -0.1) is 0 Å². The number of nitrogens with zero attached hydrogens (tertiary/aromatic N) is 1. The summed E-state index contributed by atoms with van der Waals surface area (Å²) in [6, 6.07) is 7.58. The van der Waals surface area contributed by atoms with Gasteiger partial charge in [0.05, 0.1) is 5.92 Å². The maximum Gasteiger partial charge on any atom is 0.309 e. The highest BCUT2D eigenvalue weighted by Crippen LogP contribution is 2.33. The van der Waals surface area contributed by atoms with Gasteiger partial charge in [-0.2, -0.15) is 0 Å². The van der Waals surface area contributed by atoms with Crippen molar-refractivity contribution in [1.29, 1.82) is 0 Å². The van der Waals surface area contributed by atoms with Crippen molar-refractivity contribution in [3.63, 3.8) is 0 Å². The van der Waals surface area contributed by atoms with Crippen LogP contribution < -0.4 is 9.47 Å². The molecule has 0 N–H and O–H groups in total. The molecule has 2 aromatic rings. The SMILES string of the molecule is Cc1cc(C(=O)COC(=O)C2CCC2)c(C)n1-c1ccc2c(c1)OCCO2. The Kier molecular flexibility index (Phi) is 4.64. The number of aryl methyl sites for hydroxylation is 1. The first-order valence-corrected chi connectivity index (χ1v) is 9.33. The molecule has 6 heteroatoms. The topological polar surface area (TPSA) is 66.8 Å². The molecule has 1 saturated carbocycles. The quantitative estimate of drug-likeness (QED) is 0.597. The zero-order valence-corrected chi connectivity index (χ0v) is 15.6. The molecule has 0 amide bonds. The van der Waals surface area contributed by atoms with Crippen molar-refractivity contribution in [2.24, 2.45) is 5.92 Å². The lowest BCUT2D eigenvalue weighted by Gasteiger charge is -2.22. The number of benzene rings is 1. The van der Waals surface area contributed by atoms with Crippen LogP contribution >= 0.6 is 0 Å². The molecule has 1 aromatic heterocycles. The average Bonchev–Trinajstić information content (AvgIpc) is 2.92. The van der Waals surface area contributed by atoms with Gasteiger partial charge in [-0.05, 0) is 44.9 Å². The molecule has 0 spiro atoms. The van der Waals surface area contributed by atoms with Crippen molar-refractivity contribution in [1.82, 2.24) is 4.57 Å². The summed E-state index contributed by atoms with van der Waals surface area (Å²) in [5.74, 6) is 0.970. The second-order valence-electron chi connectivity index (χ2n) is 7.11. The number of carbonyl (C=O) groups is 2. The third-order valence-electron chi connectivity index (χ3n) is 5.30. The van der Waals surface area contributed by atoms with Crippen molar-refractivity contribution in [2.45, 2.75) is 33.1 Å². The Hall–Kier alpha value is -2.76. The van der Waals surface area contributed by atoms with Crippen molar-refractivity contribution >= 4 is 11.8 Å². The molecule has 0 atom stereocenters. The summed E-state index contributed by atoms with van der Waals surface area (Å²) >= 11 is 0. The summed E-state index contributed by atoms with van der Waals surface area (Å²) < 4.78 is 18.4. The molecular weight excluding hydrogens is 346 g/mol. The summed E-state index contributed by atoms with van der Waals surface area (Å²) in [6.45, 7) is 4.70. The Balaban J connectivity index is 1.54. The predicted molar refractivity (Wildman–Crippen MR) is 98.9 cm³/mol. The fraction of sp³-hybridized carbons (Fsp3) is 0.429. The van der Waals surface area contributed by atoms with Crippen molar-refractivity contribution in [3.8, 4) is 17.2 Å². The molecule has 0 bridgehead atoms. The number of carbonyl (C=O) groups excluding carboxylic acids is 2. The van der Waals surface area contributed by atoms with E-state index in [2.05, 4.69) is 0 Å². The van der Waals surface area contributed by atoms with Crippen LogP contribution in [0.25, 0.3) is 5.69 Å². The number of esters is 1. The zero-order chi connectivity index (χ0) is 19.0. The van der Waals surface area contributed by atoms with Crippen LogP contribution in [0.1, 0.15) is 41.0 Å². The molecule has 0 saturated heterocycles. The molecule has 6 nitrogen and oxygen atoms in total. The molecule has 142 valence electrons. The van der Waals surface area contributed by atoms with E-state index in [1.807, 2.05) is 42.7 Å². The van der Waals surface area contributed by atoms with Crippen LogP contribution in [0.2, 0.25) is 0 Å². The van der Waals surface area contributed by atoms with Crippen molar-refractivity contribution < 1.29 is 23.8 Å². The third-order valence-corrected chi connectivity index (χ3v) is 5.30. The van der Waals surface area contributed by atoms with Crippen LogP contribution in [0, 0.1) is 19.8 Å². The van der Waals surface area contributed by atoms with Gasteiger partial charge in [0.15, 0.2) is 18.1 Å². The Morgan fingerprint density at radius 1 is 1.11 bits per heavy atom. The zero-order valence-electron chi connectivity index (χ0n) is 15.6. The third kappa shape index (κ3) is 3.31. The maximum absolute atomic E-state index is 12.6. The number of fused-ring (bicyclic) bond motifs is 1. The molecule has 1 fully saturated rings. The van der Waals surface area contributed by atoms with E-state index in [4.69, 9.17) is 14.2 Å². The lowest BCUT2D eigenvalue weighted by atomic mass is 9.86. The van der Waals surface area contributed by atoms with Crippen LogP contribution in [-0.4, -0.2) is 36.1 Å². The summed E-state index contributed by atoms with van der Waals surface area (Å²) in [7, 11) is 0. The fourth-order valence-electron chi connectivity index (χ4n) is 3.59. The molecule has 1 aliphatic heterocycles. The number of aromatic nitrogens is 1. The fourth-order valence-corrected chi connectivity index (χ4v) is 3.59. The summed E-state index contributed by atoms with van der Waals surface area (Å²) in [6.07, 6.45) is 2.79. The summed E-state index contributed by atoms with van der Waals surface area (Å²) in [5.41, 5.74) is 3.22. The normalized spacial score (nSPS) is 15.9. The second kappa shape index (κ2) is 7.10. The highest BCUT2D eigenvalue weighted by atomic mass is 16.6. The Morgan fingerprint density at radius 2 is 1.85 bits per heavy atom. The minimum Gasteiger partial charge on any atom is -0.486 e. The van der Waals surface area contributed by atoms with E-state index in [9.17, 15) is 9.59 Å². The first-order valence-electron chi connectivity index (χ1n) is 9.33. The van der Waals surface area contributed by atoms with Gasteiger partial charge in [0.25, 0.3) is 0 Å². The van der Waals surface area contributed by atoms with Crippen LogP contribution in [-0.2, 0) is 9.53 Å². The highest BCUT2D eigenvalue weighted by Gasteiger charge is 2.27. The molecule has 0 radical (unpaired) electrons. The molecule has 1 aromatic carbocycles. The number of hydrogen-bond donors (Lipinski definition) is 0. The predicted octanol–water partition coefficient (Wildman–Crippen LogP) is 3.39. The monoisotopic (exact) mass is 369 g/mol. The van der Waals surface area contributed by atoms with Crippen molar-refractivity contribution in [2.75, 3.05) is 19.8 Å². The molecule has 2 aliphatic rings. The van der Waals surface area contributed by atoms with Gasteiger partial charge < -0.3 is 18.8 Å². The molecule has 27 heavy (non-hydrogen) atoms. The molecule has 1 aliphatic carbocycles. The van der Waals surface area contributed by atoms with Crippen LogP contribution in [0.4, 0.5) is 0 Å². The summed E-state index contributed by atoms with van der Waals surface area (Å²) in [4.78, 5) is 24.5. The summed E-state index contributed by atoms with van der Waals surface area (Å²) in [5, 5.41) is 0. The Bertz CT molecular complexity index is 894. The smallest absolute Gasteiger partial charge is 0.309 e. The van der Waals surface area contributed by atoms with Crippen LogP contribution in [0.15, 0.2) is 24.3 Å². The maximum atomic E-state index is 12.6. The van der Waals surface area contributed by atoms with Gasteiger partial charge in [-0.3, -0.25) is 9.59 Å². The average molecular weight is 369 g/mol. The number of ether oxygens (including phenoxy) is 3. The largest absolute Gasteiger partial charge is 0.486 e. The number of Topliss-reactive ketones (excluding diaryl/α,β-unsaturated/α-hetero) is 1. The number of hydrogen-bond acceptors (Lipinski definition) is 5. The molecule has 0 unspecified atom stereocenters. The van der Waals surface area contributed by atoms with E-state index >= 15 is 0 Å². The van der Waals surface area contributed by atoms with Crippen LogP contribution in [0.3, 0.4) is 0 Å². The Morgan fingerprint density at radius 3 is 2.56 bits per heavy atom. The van der Waals surface area contributed by atoms with Gasteiger partial charge >= 0.3 is 5.97 Å².